The van der Waals surface area contributed by atoms with Crippen molar-refractivity contribution in [1.29, 1.82) is 0 Å². The Labute approximate surface area is 150 Å². The highest BCUT2D eigenvalue weighted by Crippen LogP contribution is 2.24. The van der Waals surface area contributed by atoms with Gasteiger partial charge in [0, 0.05) is 28.9 Å². The lowest BCUT2D eigenvalue weighted by molar-refractivity contribution is 0.937. The summed E-state index contributed by atoms with van der Waals surface area (Å²) in [6, 6.07) is 17.2. The molecule has 2 nitrogen and oxygen atoms in total. The molecule has 0 bridgehead atoms. The first-order chi connectivity index (χ1) is 12.0. The van der Waals surface area contributed by atoms with Gasteiger partial charge in [0.2, 0.25) is 0 Å². The summed E-state index contributed by atoms with van der Waals surface area (Å²) in [5.74, 6) is 0. The van der Waals surface area contributed by atoms with Gasteiger partial charge in [0.05, 0.1) is 5.69 Å². The van der Waals surface area contributed by atoms with Crippen LogP contribution in [0, 0.1) is 27.7 Å². The van der Waals surface area contributed by atoms with Crippen molar-refractivity contribution >= 4 is 11.9 Å². The van der Waals surface area contributed by atoms with E-state index in [0.717, 1.165) is 12.1 Å². The lowest BCUT2D eigenvalue weighted by atomic mass is 10.1. The summed E-state index contributed by atoms with van der Waals surface area (Å²) in [5, 5.41) is 0. The first kappa shape index (κ1) is 17.2. The monoisotopic (exact) mass is 330 g/mol. The minimum Gasteiger partial charge on any atom is -0.318 e. The molecule has 25 heavy (non-hydrogen) atoms. The topological polar surface area (TPSA) is 17.3 Å². The maximum absolute atomic E-state index is 4.73. The minimum absolute atomic E-state index is 1.03. The summed E-state index contributed by atoms with van der Waals surface area (Å²) in [7, 11) is 0. The molecule has 0 fully saturated rings. The number of rotatable bonds is 4. The summed E-state index contributed by atoms with van der Waals surface area (Å²) < 4.78 is 2.34. The van der Waals surface area contributed by atoms with Crippen LogP contribution in [-0.2, 0) is 6.42 Å². The van der Waals surface area contributed by atoms with E-state index in [4.69, 9.17) is 4.99 Å². The van der Waals surface area contributed by atoms with E-state index < -0.39 is 0 Å². The van der Waals surface area contributed by atoms with Crippen LogP contribution >= 0.6 is 0 Å². The molecule has 0 radical (unpaired) electrons. The van der Waals surface area contributed by atoms with Crippen molar-refractivity contribution in [2.75, 3.05) is 0 Å². The molecule has 1 heterocycles. The third kappa shape index (κ3) is 3.43. The van der Waals surface area contributed by atoms with E-state index in [2.05, 4.69) is 87.7 Å². The number of hydrogen-bond acceptors (Lipinski definition) is 1. The quantitative estimate of drug-likeness (QED) is 0.520. The van der Waals surface area contributed by atoms with E-state index in [0.29, 0.717) is 0 Å². The molecule has 1 aromatic heterocycles. The third-order valence-electron chi connectivity index (χ3n) is 4.78. The van der Waals surface area contributed by atoms with Crippen LogP contribution in [-0.4, -0.2) is 10.8 Å². The van der Waals surface area contributed by atoms with Gasteiger partial charge in [-0.1, -0.05) is 42.8 Å². The lowest BCUT2D eigenvalue weighted by Gasteiger charge is -2.13. The van der Waals surface area contributed by atoms with Crippen LogP contribution in [0.4, 0.5) is 5.69 Å². The standard InChI is InChI=1S/C23H26N2/c1-6-20-9-7-8-10-23(20)25-18(4)14-21(19(25)5)15-24-22-12-11-16(2)13-17(22)3/h7-15H,6H2,1-5H3. The smallest absolute Gasteiger partial charge is 0.0659 e. The van der Waals surface area contributed by atoms with Gasteiger partial charge in [0.1, 0.15) is 0 Å². The summed E-state index contributed by atoms with van der Waals surface area (Å²) in [5.41, 5.74) is 9.78. The number of aryl methyl sites for hydroxylation is 4. The Hall–Kier alpha value is -2.61. The normalized spacial score (nSPS) is 11.4. The fraction of sp³-hybridized carbons (Fsp3) is 0.261. The average molecular weight is 330 g/mol. The van der Waals surface area contributed by atoms with Crippen molar-refractivity contribution in [2.45, 2.75) is 41.0 Å². The number of nitrogens with zero attached hydrogens (tertiary/aromatic N) is 2. The second kappa shape index (κ2) is 7.10. The molecule has 0 saturated heterocycles. The van der Waals surface area contributed by atoms with E-state index >= 15 is 0 Å². The predicted molar refractivity (Wildman–Crippen MR) is 108 cm³/mol. The van der Waals surface area contributed by atoms with Crippen LogP contribution in [0.3, 0.4) is 0 Å². The first-order valence-electron chi connectivity index (χ1n) is 8.89. The molecule has 0 aliphatic carbocycles. The molecule has 0 aliphatic heterocycles. The van der Waals surface area contributed by atoms with Gasteiger partial charge in [-0.05, 0) is 63.4 Å². The Kier molecular flexibility index (Phi) is 4.89. The second-order valence-electron chi connectivity index (χ2n) is 6.69. The first-order valence-corrected chi connectivity index (χ1v) is 8.89. The van der Waals surface area contributed by atoms with Crippen LogP contribution in [0.2, 0.25) is 0 Å². The van der Waals surface area contributed by atoms with Gasteiger partial charge < -0.3 is 4.57 Å². The third-order valence-corrected chi connectivity index (χ3v) is 4.78. The molecule has 128 valence electrons. The summed E-state index contributed by atoms with van der Waals surface area (Å²) in [6.45, 7) is 10.8. The molecule has 3 rings (SSSR count). The molecular formula is C23H26N2. The second-order valence-corrected chi connectivity index (χ2v) is 6.69. The van der Waals surface area contributed by atoms with Crippen molar-refractivity contribution in [1.82, 2.24) is 4.57 Å². The predicted octanol–water partition coefficient (Wildman–Crippen LogP) is 6.02. The van der Waals surface area contributed by atoms with E-state index in [1.165, 1.54) is 39.3 Å². The van der Waals surface area contributed by atoms with Crippen molar-refractivity contribution in [2.24, 2.45) is 4.99 Å². The molecule has 0 aliphatic rings. The number of para-hydroxylation sites is 1. The Bertz CT molecular complexity index is 929. The molecule has 0 unspecified atom stereocenters. The van der Waals surface area contributed by atoms with Gasteiger partial charge in [0.25, 0.3) is 0 Å². The van der Waals surface area contributed by atoms with Crippen LogP contribution in [0.25, 0.3) is 5.69 Å². The van der Waals surface area contributed by atoms with Crippen LogP contribution in [0.5, 0.6) is 0 Å². The van der Waals surface area contributed by atoms with Crippen molar-refractivity contribution in [3.63, 3.8) is 0 Å². The Morgan fingerprint density at radius 2 is 1.72 bits per heavy atom. The SMILES string of the molecule is CCc1ccccc1-n1c(C)cc(C=Nc2ccc(C)cc2C)c1C. The molecule has 0 spiro atoms. The Balaban J connectivity index is 2.01. The van der Waals surface area contributed by atoms with Crippen molar-refractivity contribution < 1.29 is 0 Å². The molecule has 0 saturated carbocycles. The van der Waals surface area contributed by atoms with Gasteiger partial charge >= 0.3 is 0 Å². The molecule has 0 N–H and O–H groups in total. The highest BCUT2D eigenvalue weighted by atomic mass is 15.0. The molecule has 0 atom stereocenters. The molecule has 2 aromatic carbocycles. The summed E-state index contributed by atoms with van der Waals surface area (Å²) in [4.78, 5) is 4.73. The zero-order valence-corrected chi connectivity index (χ0v) is 15.8. The Morgan fingerprint density at radius 3 is 2.44 bits per heavy atom. The van der Waals surface area contributed by atoms with Gasteiger partial charge in [0.15, 0.2) is 0 Å². The van der Waals surface area contributed by atoms with Gasteiger partial charge in [-0.15, -0.1) is 0 Å². The molecular weight excluding hydrogens is 304 g/mol. The minimum atomic E-state index is 1.03. The van der Waals surface area contributed by atoms with Crippen LogP contribution in [0.1, 0.15) is 40.6 Å². The number of hydrogen-bond donors (Lipinski definition) is 0. The molecule has 2 heteroatoms. The van der Waals surface area contributed by atoms with E-state index in [1.807, 2.05) is 6.21 Å². The maximum Gasteiger partial charge on any atom is 0.0659 e. The van der Waals surface area contributed by atoms with Crippen molar-refractivity contribution in [3.8, 4) is 5.69 Å². The number of aliphatic imine (C=N–C) groups is 1. The number of aromatic nitrogens is 1. The fourth-order valence-corrected chi connectivity index (χ4v) is 3.41. The molecule has 3 aromatic rings. The maximum atomic E-state index is 4.73. The highest BCUT2D eigenvalue weighted by molar-refractivity contribution is 5.84. The van der Waals surface area contributed by atoms with Crippen LogP contribution < -0.4 is 0 Å². The van der Waals surface area contributed by atoms with E-state index in [1.54, 1.807) is 0 Å². The zero-order valence-electron chi connectivity index (χ0n) is 15.8. The van der Waals surface area contributed by atoms with E-state index in [9.17, 15) is 0 Å². The number of benzene rings is 2. The Morgan fingerprint density at radius 1 is 0.960 bits per heavy atom. The van der Waals surface area contributed by atoms with Crippen LogP contribution in [0.15, 0.2) is 53.5 Å². The van der Waals surface area contributed by atoms with Gasteiger partial charge in [-0.2, -0.15) is 0 Å². The summed E-state index contributed by atoms with van der Waals surface area (Å²) >= 11 is 0. The highest BCUT2D eigenvalue weighted by Gasteiger charge is 2.11. The van der Waals surface area contributed by atoms with Crippen molar-refractivity contribution in [3.05, 3.63) is 82.2 Å². The average Bonchev–Trinajstić information content (AvgIpc) is 2.88. The largest absolute Gasteiger partial charge is 0.318 e. The fourth-order valence-electron chi connectivity index (χ4n) is 3.41. The van der Waals surface area contributed by atoms with Gasteiger partial charge in [-0.3, -0.25) is 4.99 Å². The zero-order chi connectivity index (χ0) is 18.0. The molecule has 0 amide bonds. The summed E-state index contributed by atoms with van der Waals surface area (Å²) in [6.07, 6.45) is 3.02. The lowest BCUT2D eigenvalue weighted by Crippen LogP contribution is -2.03. The van der Waals surface area contributed by atoms with Gasteiger partial charge in [-0.25, -0.2) is 0 Å². The van der Waals surface area contributed by atoms with E-state index in [-0.39, 0.29) is 0 Å².